The van der Waals surface area contributed by atoms with E-state index in [1.807, 2.05) is 0 Å². The number of hydrogen-bond acceptors (Lipinski definition) is 5. The molecule has 1 N–H and O–H groups in total. The summed E-state index contributed by atoms with van der Waals surface area (Å²) < 4.78 is 10.9. The third kappa shape index (κ3) is 2.50. The molecule has 0 amide bonds. The number of aromatic nitrogens is 2. The lowest BCUT2D eigenvalue weighted by Gasteiger charge is -2.23. The Hall–Kier alpha value is -0.940. The minimum atomic E-state index is 0.235. The lowest BCUT2D eigenvalue weighted by molar-refractivity contribution is -0.0352. The standard InChI is InChI=1S/C12H19N3O2/c1-2-5-12(4-1)6-3-10(17-12)7-13-8-11-14-9-16-15-11/h9-10,13H,1-8H2. The lowest BCUT2D eigenvalue weighted by Crippen LogP contribution is -2.31. The van der Waals surface area contributed by atoms with Gasteiger partial charge < -0.3 is 14.6 Å². The molecule has 0 radical (unpaired) electrons. The van der Waals surface area contributed by atoms with Crippen LogP contribution in [0, 0.1) is 0 Å². The minimum absolute atomic E-state index is 0.235. The van der Waals surface area contributed by atoms with Gasteiger partial charge in [0.1, 0.15) is 0 Å². The van der Waals surface area contributed by atoms with Crippen LogP contribution in [0.1, 0.15) is 44.3 Å². The fourth-order valence-corrected chi connectivity index (χ4v) is 3.04. The molecule has 1 unspecified atom stereocenters. The van der Waals surface area contributed by atoms with Crippen molar-refractivity contribution in [2.45, 2.75) is 56.8 Å². The van der Waals surface area contributed by atoms with Gasteiger partial charge in [-0.05, 0) is 25.7 Å². The fourth-order valence-electron chi connectivity index (χ4n) is 3.04. The van der Waals surface area contributed by atoms with Crippen LogP contribution in [0.5, 0.6) is 0 Å². The number of ether oxygens (including phenoxy) is 1. The molecule has 0 aromatic carbocycles. The van der Waals surface area contributed by atoms with E-state index >= 15 is 0 Å². The van der Waals surface area contributed by atoms with Crippen molar-refractivity contribution in [2.24, 2.45) is 0 Å². The van der Waals surface area contributed by atoms with Gasteiger partial charge in [-0.15, -0.1) is 0 Å². The maximum atomic E-state index is 6.20. The van der Waals surface area contributed by atoms with Crippen LogP contribution in [0.3, 0.4) is 0 Å². The van der Waals surface area contributed by atoms with E-state index in [0.717, 1.165) is 6.54 Å². The first-order valence-electron chi connectivity index (χ1n) is 6.50. The summed E-state index contributed by atoms with van der Waals surface area (Å²) in [6.07, 6.45) is 9.33. The van der Waals surface area contributed by atoms with Crippen LogP contribution in [0.25, 0.3) is 0 Å². The molecule has 1 saturated carbocycles. The van der Waals surface area contributed by atoms with Crippen LogP contribution in [0.2, 0.25) is 0 Å². The van der Waals surface area contributed by atoms with Crippen molar-refractivity contribution in [1.82, 2.24) is 15.5 Å². The van der Waals surface area contributed by atoms with Crippen LogP contribution in [0.4, 0.5) is 0 Å². The topological polar surface area (TPSA) is 60.2 Å². The predicted molar refractivity (Wildman–Crippen MR) is 61.3 cm³/mol. The molecule has 2 heterocycles. The number of hydrogen-bond donors (Lipinski definition) is 1. The molecule has 1 saturated heterocycles. The molecule has 0 bridgehead atoms. The molecule has 1 atom stereocenters. The van der Waals surface area contributed by atoms with Crippen molar-refractivity contribution in [1.29, 1.82) is 0 Å². The largest absolute Gasteiger partial charge is 0.370 e. The maximum Gasteiger partial charge on any atom is 0.213 e. The summed E-state index contributed by atoms with van der Waals surface area (Å²) in [6.45, 7) is 1.54. The smallest absolute Gasteiger partial charge is 0.213 e. The van der Waals surface area contributed by atoms with E-state index in [-0.39, 0.29) is 5.60 Å². The summed E-state index contributed by atoms with van der Waals surface area (Å²) in [7, 11) is 0. The van der Waals surface area contributed by atoms with Crippen molar-refractivity contribution in [3.8, 4) is 0 Å². The van der Waals surface area contributed by atoms with E-state index < -0.39 is 0 Å². The zero-order valence-corrected chi connectivity index (χ0v) is 10.0. The van der Waals surface area contributed by atoms with Gasteiger partial charge in [0.25, 0.3) is 0 Å². The summed E-state index contributed by atoms with van der Waals surface area (Å²) in [6, 6.07) is 0. The first-order valence-corrected chi connectivity index (χ1v) is 6.50. The second-order valence-corrected chi connectivity index (χ2v) is 5.15. The van der Waals surface area contributed by atoms with Gasteiger partial charge in [-0.25, -0.2) is 0 Å². The maximum absolute atomic E-state index is 6.20. The summed E-state index contributed by atoms with van der Waals surface area (Å²) in [4.78, 5) is 3.97. The highest BCUT2D eigenvalue weighted by molar-refractivity contribution is 4.93. The molecule has 1 aliphatic heterocycles. The second kappa shape index (κ2) is 4.74. The Labute approximate surface area is 101 Å². The fraction of sp³-hybridized carbons (Fsp3) is 0.833. The quantitative estimate of drug-likeness (QED) is 0.862. The van der Waals surface area contributed by atoms with Gasteiger partial charge >= 0.3 is 0 Å². The van der Waals surface area contributed by atoms with E-state index in [0.29, 0.717) is 18.5 Å². The number of nitrogens with zero attached hydrogens (tertiary/aromatic N) is 2. The van der Waals surface area contributed by atoms with Crippen molar-refractivity contribution >= 4 is 0 Å². The Morgan fingerprint density at radius 3 is 3.00 bits per heavy atom. The average Bonchev–Trinajstić information content (AvgIpc) is 3.04. The first-order chi connectivity index (χ1) is 8.36. The summed E-state index contributed by atoms with van der Waals surface area (Å²) >= 11 is 0. The second-order valence-electron chi connectivity index (χ2n) is 5.15. The van der Waals surface area contributed by atoms with E-state index in [9.17, 15) is 0 Å². The number of nitrogens with one attached hydrogen (secondary N) is 1. The summed E-state index contributed by atoms with van der Waals surface area (Å²) in [5.41, 5.74) is 0.235. The van der Waals surface area contributed by atoms with Crippen LogP contribution in [0.15, 0.2) is 10.9 Å². The molecule has 1 aliphatic carbocycles. The van der Waals surface area contributed by atoms with Crippen LogP contribution >= 0.6 is 0 Å². The van der Waals surface area contributed by atoms with Gasteiger partial charge in [0, 0.05) is 6.54 Å². The van der Waals surface area contributed by atoms with Gasteiger partial charge in [-0.2, -0.15) is 4.98 Å². The molecule has 2 aliphatic rings. The van der Waals surface area contributed by atoms with Crippen molar-refractivity contribution < 1.29 is 9.26 Å². The first kappa shape index (κ1) is 11.2. The van der Waals surface area contributed by atoms with Crippen LogP contribution < -0.4 is 5.32 Å². The van der Waals surface area contributed by atoms with E-state index in [4.69, 9.17) is 4.74 Å². The van der Waals surface area contributed by atoms with Gasteiger partial charge in [-0.3, -0.25) is 0 Å². The highest BCUT2D eigenvalue weighted by atomic mass is 16.5. The molecule has 5 heteroatoms. The van der Waals surface area contributed by atoms with Crippen molar-refractivity contribution in [3.05, 3.63) is 12.2 Å². The third-order valence-corrected chi connectivity index (χ3v) is 3.92. The summed E-state index contributed by atoms with van der Waals surface area (Å²) in [5.74, 6) is 0.707. The normalized spacial score (nSPS) is 26.9. The predicted octanol–water partition coefficient (Wildman–Crippen LogP) is 1.65. The Kier molecular flexibility index (Phi) is 3.11. The zero-order chi connectivity index (χ0) is 11.6. The Bertz CT molecular complexity index is 347. The zero-order valence-electron chi connectivity index (χ0n) is 10.0. The Balaban J connectivity index is 1.42. The van der Waals surface area contributed by atoms with Crippen LogP contribution in [-0.2, 0) is 11.3 Å². The van der Waals surface area contributed by atoms with Gasteiger partial charge in [0.2, 0.25) is 6.39 Å². The Morgan fingerprint density at radius 2 is 2.24 bits per heavy atom. The lowest BCUT2D eigenvalue weighted by atomic mass is 9.98. The highest BCUT2D eigenvalue weighted by Crippen LogP contribution is 2.43. The van der Waals surface area contributed by atoms with Gasteiger partial charge in [0.05, 0.1) is 18.2 Å². The van der Waals surface area contributed by atoms with Gasteiger partial charge in [0.15, 0.2) is 5.82 Å². The van der Waals surface area contributed by atoms with Crippen LogP contribution in [-0.4, -0.2) is 28.4 Å². The number of rotatable bonds is 4. The third-order valence-electron chi connectivity index (χ3n) is 3.92. The average molecular weight is 237 g/mol. The molecule has 2 fully saturated rings. The minimum Gasteiger partial charge on any atom is -0.370 e. The molecule has 17 heavy (non-hydrogen) atoms. The summed E-state index contributed by atoms with van der Waals surface area (Å²) in [5, 5.41) is 7.09. The van der Waals surface area contributed by atoms with E-state index in [1.165, 1.54) is 44.9 Å². The Morgan fingerprint density at radius 1 is 1.35 bits per heavy atom. The van der Waals surface area contributed by atoms with Gasteiger partial charge in [-0.1, -0.05) is 18.0 Å². The van der Waals surface area contributed by atoms with Crippen molar-refractivity contribution in [3.63, 3.8) is 0 Å². The molecule has 1 aromatic heterocycles. The highest BCUT2D eigenvalue weighted by Gasteiger charge is 2.41. The molecule has 3 rings (SSSR count). The molecule has 1 aromatic rings. The van der Waals surface area contributed by atoms with E-state index in [2.05, 4.69) is 20.0 Å². The van der Waals surface area contributed by atoms with Crippen molar-refractivity contribution in [2.75, 3.05) is 6.54 Å². The molecule has 94 valence electrons. The molecular weight excluding hydrogens is 218 g/mol. The molecule has 1 spiro atoms. The SMILES string of the molecule is c1nc(CNCC2CCC3(CCCC3)O2)no1. The monoisotopic (exact) mass is 237 g/mol. The molecular formula is C12H19N3O2. The van der Waals surface area contributed by atoms with E-state index in [1.54, 1.807) is 0 Å². The molecule has 5 nitrogen and oxygen atoms in total.